The quantitative estimate of drug-likeness (QED) is 0.0559. The fourth-order valence-electron chi connectivity index (χ4n) is 10.3. The van der Waals surface area contributed by atoms with Crippen molar-refractivity contribution in [2.45, 2.75) is 71.0 Å². The van der Waals surface area contributed by atoms with Gasteiger partial charge >= 0.3 is 0 Å². The maximum absolute atomic E-state index is 11.7. The minimum Gasteiger partial charge on any atom is -0.389 e. The Balaban J connectivity index is 0.000000140. The number of hydrogen-bond donors (Lipinski definition) is 6. The lowest BCUT2D eigenvalue weighted by Gasteiger charge is -2.21. The number of aromatic amines is 3. The van der Waals surface area contributed by atoms with Crippen LogP contribution in [0.1, 0.15) is 72.2 Å². The summed E-state index contributed by atoms with van der Waals surface area (Å²) in [6.45, 7) is 5.42. The molecule has 0 aliphatic carbocycles. The highest BCUT2D eigenvalue weighted by atomic mass is 35.5. The highest BCUT2D eigenvalue weighted by Gasteiger charge is 2.21. The highest BCUT2D eigenvalue weighted by Crippen LogP contribution is 2.35. The third kappa shape index (κ3) is 15.4. The lowest BCUT2D eigenvalue weighted by molar-refractivity contribution is 0.0792. The van der Waals surface area contributed by atoms with Crippen LogP contribution in [0.25, 0.3) is 66.5 Å². The molecule has 0 saturated heterocycles. The summed E-state index contributed by atoms with van der Waals surface area (Å²) < 4.78 is 25.9. The molecule has 0 aliphatic rings. The highest BCUT2D eigenvalue weighted by molar-refractivity contribution is 7.92. The van der Waals surface area contributed by atoms with Crippen molar-refractivity contribution in [2.24, 2.45) is 0 Å². The van der Waals surface area contributed by atoms with E-state index in [1.807, 2.05) is 159 Å². The van der Waals surface area contributed by atoms with Crippen LogP contribution in [0.3, 0.4) is 0 Å². The maximum atomic E-state index is 11.7. The molecular formula is C69H64Cl3N7O4S. The molecule has 1 atom stereocenters. The van der Waals surface area contributed by atoms with Gasteiger partial charge in [-0.3, -0.25) is 4.72 Å². The van der Waals surface area contributed by atoms with Gasteiger partial charge in [0.1, 0.15) is 17.5 Å². The summed E-state index contributed by atoms with van der Waals surface area (Å²) in [7, 11) is -3.36. The van der Waals surface area contributed by atoms with Gasteiger partial charge in [-0.05, 0) is 175 Å². The minimum absolute atomic E-state index is 0.507. The molecule has 84 heavy (non-hydrogen) atoms. The molecule has 1 unspecified atom stereocenters. The molecule has 0 radical (unpaired) electrons. The number of anilines is 1. The van der Waals surface area contributed by atoms with Crippen LogP contribution in [0.2, 0.25) is 15.1 Å². The Hall–Kier alpha value is -8.07. The first-order chi connectivity index (χ1) is 40.4. The van der Waals surface area contributed by atoms with Gasteiger partial charge in [0.2, 0.25) is 10.0 Å². The summed E-state index contributed by atoms with van der Waals surface area (Å²) in [5.41, 5.74) is 16.7. The number of halogens is 3. The molecule has 0 fully saturated rings. The molecule has 0 amide bonds. The van der Waals surface area contributed by atoms with E-state index < -0.39 is 21.7 Å². The van der Waals surface area contributed by atoms with Crippen molar-refractivity contribution in [3.63, 3.8) is 0 Å². The van der Waals surface area contributed by atoms with Crippen LogP contribution in [0, 0.1) is 0 Å². The first-order valence-corrected chi connectivity index (χ1v) is 30.8. The van der Waals surface area contributed by atoms with E-state index in [9.17, 15) is 18.6 Å². The van der Waals surface area contributed by atoms with E-state index in [1.54, 1.807) is 19.1 Å². The number of H-pyrrole nitrogens is 3. The molecule has 0 saturated carbocycles. The van der Waals surface area contributed by atoms with Crippen molar-refractivity contribution in [3.05, 3.63) is 261 Å². The third-order valence-electron chi connectivity index (χ3n) is 14.4. The number of rotatable bonds is 16. The van der Waals surface area contributed by atoms with Crippen LogP contribution in [0.5, 0.6) is 0 Å². The average molecular weight is 1190 g/mol. The number of fused-ring (bicyclic) bond motifs is 3. The second-order valence-corrected chi connectivity index (χ2v) is 24.5. The number of nitrogens with one attached hydrogen (secondary N) is 4. The Kier molecular flexibility index (Phi) is 18.5. The number of aliphatic hydroxyl groups excluding tert-OH is 1. The third-order valence-corrected chi connectivity index (χ3v) is 15.7. The van der Waals surface area contributed by atoms with E-state index in [4.69, 9.17) is 44.8 Å². The van der Waals surface area contributed by atoms with Gasteiger partial charge in [0, 0.05) is 39.9 Å². The Bertz CT molecular complexity index is 4380. The summed E-state index contributed by atoms with van der Waals surface area (Å²) in [4.78, 5) is 24.3. The summed E-state index contributed by atoms with van der Waals surface area (Å²) in [5, 5.41) is 22.8. The van der Waals surface area contributed by atoms with Crippen LogP contribution < -0.4 is 4.72 Å². The summed E-state index contributed by atoms with van der Waals surface area (Å²) in [6, 6.07) is 65.3. The molecule has 3 heterocycles. The van der Waals surface area contributed by atoms with E-state index in [0.29, 0.717) is 5.69 Å². The Labute approximate surface area is 504 Å². The first-order valence-electron chi connectivity index (χ1n) is 27.7. The van der Waals surface area contributed by atoms with Gasteiger partial charge in [0.25, 0.3) is 0 Å². The molecule has 12 rings (SSSR count). The van der Waals surface area contributed by atoms with E-state index in [0.717, 1.165) is 155 Å². The lowest BCUT2D eigenvalue weighted by atomic mass is 9.89. The molecule has 0 bridgehead atoms. The van der Waals surface area contributed by atoms with Crippen LogP contribution in [0.15, 0.2) is 200 Å². The van der Waals surface area contributed by atoms with Gasteiger partial charge in [-0.2, -0.15) is 0 Å². The van der Waals surface area contributed by atoms with Gasteiger partial charge in [-0.25, -0.2) is 23.4 Å². The molecule has 12 aromatic rings. The Morgan fingerprint density at radius 1 is 0.476 bits per heavy atom. The number of para-hydroxylation sites is 1. The summed E-state index contributed by atoms with van der Waals surface area (Å²) in [5.74, 6) is 2.83. The molecule has 426 valence electrons. The zero-order valence-electron chi connectivity index (χ0n) is 47.0. The normalized spacial score (nSPS) is 12.0. The van der Waals surface area contributed by atoms with E-state index in [2.05, 4.69) is 67.1 Å². The van der Waals surface area contributed by atoms with Gasteiger partial charge in [-0.15, -0.1) is 0 Å². The number of aliphatic hydroxyl groups is 2. The fraction of sp³-hybridized carbons (Fsp3) is 0.174. The molecule has 15 heteroatoms. The van der Waals surface area contributed by atoms with E-state index in [-0.39, 0.29) is 0 Å². The standard InChI is InChI=1S/C24H23ClN2O.C23H21ClN2O.C22H20ClN3O2S/c1-24(2,28)20-9-4-3-8-19(20)17-11-12-21-22(15-17)27-23(26-21)13-10-16-6-5-7-18(25)14-16;1-15(27)19-7-2-3-8-20(19)17-10-11-21-22(14-17)26-23(25-21)12-9-16-5-4-6-18(24)13-16;1-29(27,28)26-19-8-3-2-7-18(19)16-10-11-20-21(14-16)25-22(24-20)12-9-15-5-4-6-17(23)13-15/h3-9,11-12,14-15,28H,10,13H2,1-2H3,(H,26,27);2-8,10-11,13-15,27H,9,12H2,1H3,(H,25,26);2-8,10-11,13-14,26H,9,12H2,1H3,(H,24,25). The van der Waals surface area contributed by atoms with Gasteiger partial charge in [0.05, 0.1) is 56.7 Å². The summed E-state index contributed by atoms with van der Waals surface area (Å²) >= 11 is 18.2. The number of nitrogens with zero attached hydrogens (tertiary/aromatic N) is 3. The Morgan fingerprint density at radius 2 is 0.857 bits per heavy atom. The van der Waals surface area contributed by atoms with Crippen molar-refractivity contribution in [2.75, 3.05) is 11.0 Å². The van der Waals surface area contributed by atoms with Gasteiger partial charge < -0.3 is 25.2 Å². The van der Waals surface area contributed by atoms with Crippen LogP contribution in [0.4, 0.5) is 5.69 Å². The molecular weight excluding hydrogens is 1130 g/mol. The summed E-state index contributed by atoms with van der Waals surface area (Å²) in [6.07, 6.45) is 5.68. The largest absolute Gasteiger partial charge is 0.389 e. The van der Waals surface area contributed by atoms with Gasteiger partial charge in [-0.1, -0.05) is 156 Å². The fourth-order valence-corrected chi connectivity index (χ4v) is 11.5. The second kappa shape index (κ2) is 26.2. The zero-order valence-corrected chi connectivity index (χ0v) is 50.1. The van der Waals surface area contributed by atoms with Crippen molar-refractivity contribution >= 4 is 83.6 Å². The van der Waals surface area contributed by atoms with Crippen molar-refractivity contribution in [1.82, 2.24) is 29.9 Å². The second-order valence-electron chi connectivity index (χ2n) is 21.4. The van der Waals surface area contributed by atoms with E-state index in [1.165, 1.54) is 16.7 Å². The topological polar surface area (TPSA) is 173 Å². The lowest BCUT2D eigenvalue weighted by Crippen LogP contribution is -2.16. The number of hydrogen-bond acceptors (Lipinski definition) is 7. The maximum Gasteiger partial charge on any atom is 0.229 e. The molecule has 3 aromatic heterocycles. The number of aromatic nitrogens is 6. The van der Waals surface area contributed by atoms with Gasteiger partial charge in [0.15, 0.2) is 0 Å². The van der Waals surface area contributed by atoms with Crippen LogP contribution >= 0.6 is 34.8 Å². The molecule has 11 nitrogen and oxygen atoms in total. The van der Waals surface area contributed by atoms with Crippen molar-refractivity contribution < 1.29 is 18.6 Å². The average Bonchev–Trinajstić information content (AvgIpc) is 4.04. The number of benzene rings is 9. The van der Waals surface area contributed by atoms with Crippen molar-refractivity contribution in [3.8, 4) is 33.4 Å². The first kappa shape index (κ1) is 59.1. The monoisotopic (exact) mass is 1190 g/mol. The zero-order chi connectivity index (χ0) is 59.0. The molecule has 6 N–H and O–H groups in total. The predicted octanol–water partition coefficient (Wildman–Crippen LogP) is 16.7. The number of sulfonamides is 1. The van der Waals surface area contributed by atoms with Crippen LogP contribution in [-0.2, 0) is 54.1 Å². The molecule has 9 aromatic carbocycles. The molecule has 0 aliphatic heterocycles. The number of imidazole rings is 3. The van der Waals surface area contributed by atoms with Crippen LogP contribution in [-0.4, -0.2) is 54.8 Å². The smallest absolute Gasteiger partial charge is 0.229 e. The SMILES string of the molecule is CC(C)(O)c1ccccc1-c1ccc2nc(CCc3cccc(Cl)c3)[nH]c2c1.CC(O)c1ccccc1-c1ccc2nc(CCc3cccc(Cl)c3)[nH]c2c1.CS(=O)(=O)Nc1ccccc1-c1ccc2nc(CCc3cccc(Cl)c3)[nH]c2c1. The number of aryl methyl sites for hydroxylation is 6. The Morgan fingerprint density at radius 3 is 1.27 bits per heavy atom. The molecule has 0 spiro atoms. The predicted molar refractivity (Wildman–Crippen MR) is 346 cm³/mol. The van der Waals surface area contributed by atoms with Crippen molar-refractivity contribution in [1.29, 1.82) is 0 Å². The minimum atomic E-state index is -3.36. The van der Waals surface area contributed by atoms with E-state index >= 15 is 0 Å².